The average molecular weight is 230 g/mol. The SMILES string of the molecule is C=CCCC/C(C)=C/Cc1ccccc1OC. The highest BCUT2D eigenvalue weighted by molar-refractivity contribution is 5.34. The number of ether oxygens (including phenoxy) is 1. The summed E-state index contributed by atoms with van der Waals surface area (Å²) in [4.78, 5) is 0. The second-order valence-electron chi connectivity index (χ2n) is 4.25. The van der Waals surface area contributed by atoms with E-state index in [0.717, 1.165) is 25.0 Å². The summed E-state index contributed by atoms with van der Waals surface area (Å²) in [5.41, 5.74) is 2.69. The summed E-state index contributed by atoms with van der Waals surface area (Å²) in [5, 5.41) is 0. The number of rotatable bonds is 7. The number of hydrogen-bond donors (Lipinski definition) is 0. The van der Waals surface area contributed by atoms with Crippen LogP contribution in [0.15, 0.2) is 48.6 Å². The zero-order valence-electron chi connectivity index (χ0n) is 10.9. The van der Waals surface area contributed by atoms with Crippen molar-refractivity contribution in [1.29, 1.82) is 0 Å². The summed E-state index contributed by atoms with van der Waals surface area (Å²) in [6, 6.07) is 8.18. The Bertz CT molecular complexity index is 377. The number of benzene rings is 1. The smallest absolute Gasteiger partial charge is 0.122 e. The molecule has 0 aromatic heterocycles. The largest absolute Gasteiger partial charge is 0.496 e. The maximum atomic E-state index is 5.33. The number of methoxy groups -OCH3 is 1. The van der Waals surface area contributed by atoms with Crippen LogP contribution in [0.1, 0.15) is 31.7 Å². The van der Waals surface area contributed by atoms with Gasteiger partial charge < -0.3 is 4.74 Å². The van der Waals surface area contributed by atoms with Crippen molar-refractivity contribution >= 4 is 0 Å². The molecule has 0 heterocycles. The Balaban J connectivity index is 2.53. The fourth-order valence-corrected chi connectivity index (χ4v) is 1.78. The molecular formula is C16H22O. The van der Waals surface area contributed by atoms with Gasteiger partial charge in [0.2, 0.25) is 0 Å². The predicted octanol–water partition coefficient (Wildman–Crippen LogP) is 4.54. The van der Waals surface area contributed by atoms with Gasteiger partial charge in [-0.25, -0.2) is 0 Å². The van der Waals surface area contributed by atoms with E-state index in [1.165, 1.54) is 17.6 Å². The lowest BCUT2D eigenvalue weighted by atomic mass is 10.1. The van der Waals surface area contributed by atoms with Gasteiger partial charge in [-0.05, 0) is 44.2 Å². The average Bonchev–Trinajstić information content (AvgIpc) is 2.37. The van der Waals surface area contributed by atoms with Gasteiger partial charge in [0.15, 0.2) is 0 Å². The Kier molecular flexibility index (Phi) is 6.16. The first-order valence-corrected chi connectivity index (χ1v) is 6.16. The minimum atomic E-state index is 0.948. The van der Waals surface area contributed by atoms with E-state index in [0.29, 0.717) is 0 Å². The van der Waals surface area contributed by atoms with Gasteiger partial charge in [0.1, 0.15) is 5.75 Å². The molecule has 17 heavy (non-hydrogen) atoms. The first kappa shape index (κ1) is 13.6. The van der Waals surface area contributed by atoms with Gasteiger partial charge >= 0.3 is 0 Å². The highest BCUT2D eigenvalue weighted by Gasteiger charge is 1.99. The van der Waals surface area contributed by atoms with Crippen LogP contribution >= 0.6 is 0 Å². The van der Waals surface area contributed by atoms with E-state index in [4.69, 9.17) is 4.74 Å². The topological polar surface area (TPSA) is 9.23 Å². The Morgan fingerprint density at radius 1 is 1.35 bits per heavy atom. The molecule has 0 amide bonds. The fraction of sp³-hybridized carbons (Fsp3) is 0.375. The van der Waals surface area contributed by atoms with Gasteiger partial charge in [-0.15, -0.1) is 6.58 Å². The molecule has 0 aliphatic carbocycles. The number of allylic oxidation sites excluding steroid dienone is 3. The molecule has 0 saturated carbocycles. The fourth-order valence-electron chi connectivity index (χ4n) is 1.78. The maximum Gasteiger partial charge on any atom is 0.122 e. The van der Waals surface area contributed by atoms with E-state index in [2.05, 4.69) is 31.7 Å². The van der Waals surface area contributed by atoms with Crippen molar-refractivity contribution in [2.45, 2.75) is 32.6 Å². The van der Waals surface area contributed by atoms with E-state index in [-0.39, 0.29) is 0 Å². The quantitative estimate of drug-likeness (QED) is 0.493. The molecule has 0 atom stereocenters. The van der Waals surface area contributed by atoms with Crippen molar-refractivity contribution in [2.24, 2.45) is 0 Å². The molecule has 0 N–H and O–H groups in total. The van der Waals surface area contributed by atoms with Crippen molar-refractivity contribution in [3.05, 3.63) is 54.1 Å². The van der Waals surface area contributed by atoms with Gasteiger partial charge in [-0.1, -0.05) is 35.9 Å². The van der Waals surface area contributed by atoms with Gasteiger partial charge in [0.25, 0.3) is 0 Å². The first-order chi connectivity index (χ1) is 8.27. The molecule has 1 aromatic rings. The normalized spacial score (nSPS) is 11.3. The molecule has 0 aliphatic rings. The van der Waals surface area contributed by atoms with E-state index in [1.54, 1.807) is 7.11 Å². The van der Waals surface area contributed by atoms with Crippen LogP contribution in [-0.4, -0.2) is 7.11 Å². The van der Waals surface area contributed by atoms with Gasteiger partial charge in [-0.3, -0.25) is 0 Å². The number of unbranched alkanes of at least 4 members (excludes halogenated alkanes) is 1. The summed E-state index contributed by atoms with van der Waals surface area (Å²) in [6.45, 7) is 5.93. The van der Waals surface area contributed by atoms with Gasteiger partial charge in [0, 0.05) is 0 Å². The van der Waals surface area contributed by atoms with Crippen LogP contribution in [0.3, 0.4) is 0 Å². The maximum absolute atomic E-state index is 5.33. The lowest BCUT2D eigenvalue weighted by Crippen LogP contribution is -1.90. The molecule has 0 saturated heterocycles. The Morgan fingerprint density at radius 2 is 2.12 bits per heavy atom. The van der Waals surface area contributed by atoms with Crippen molar-refractivity contribution in [1.82, 2.24) is 0 Å². The second kappa shape index (κ2) is 7.72. The van der Waals surface area contributed by atoms with Crippen LogP contribution in [0.4, 0.5) is 0 Å². The Morgan fingerprint density at radius 3 is 2.82 bits per heavy atom. The zero-order chi connectivity index (χ0) is 12.5. The van der Waals surface area contributed by atoms with Crippen LogP contribution in [0.5, 0.6) is 5.75 Å². The van der Waals surface area contributed by atoms with E-state index >= 15 is 0 Å². The molecule has 1 aromatic carbocycles. The summed E-state index contributed by atoms with van der Waals surface area (Å²) >= 11 is 0. The summed E-state index contributed by atoms with van der Waals surface area (Å²) in [6.07, 6.45) is 8.66. The van der Waals surface area contributed by atoms with E-state index < -0.39 is 0 Å². The minimum Gasteiger partial charge on any atom is -0.496 e. The molecule has 0 unspecified atom stereocenters. The van der Waals surface area contributed by atoms with E-state index in [9.17, 15) is 0 Å². The highest BCUT2D eigenvalue weighted by Crippen LogP contribution is 2.19. The van der Waals surface area contributed by atoms with Crippen molar-refractivity contribution in [3.63, 3.8) is 0 Å². The molecule has 0 fully saturated rings. The molecule has 0 spiro atoms. The molecule has 1 rings (SSSR count). The summed E-state index contributed by atoms with van der Waals surface area (Å²) in [7, 11) is 1.72. The Labute approximate surface area is 105 Å². The lowest BCUT2D eigenvalue weighted by molar-refractivity contribution is 0.410. The third-order valence-corrected chi connectivity index (χ3v) is 2.84. The molecule has 1 nitrogen and oxygen atoms in total. The molecular weight excluding hydrogens is 208 g/mol. The number of para-hydroxylation sites is 1. The van der Waals surface area contributed by atoms with Gasteiger partial charge in [-0.2, -0.15) is 0 Å². The van der Waals surface area contributed by atoms with Crippen molar-refractivity contribution in [3.8, 4) is 5.75 Å². The standard InChI is InChI=1S/C16H22O/c1-4-5-6-9-14(2)12-13-15-10-7-8-11-16(15)17-3/h4,7-8,10-12H,1,5-6,9,13H2,2-3H3/b14-12+. The van der Waals surface area contributed by atoms with Crippen LogP contribution < -0.4 is 4.74 Å². The molecule has 1 heteroatoms. The van der Waals surface area contributed by atoms with Crippen LogP contribution in [-0.2, 0) is 6.42 Å². The summed E-state index contributed by atoms with van der Waals surface area (Å²) in [5.74, 6) is 0.975. The first-order valence-electron chi connectivity index (χ1n) is 6.16. The summed E-state index contributed by atoms with van der Waals surface area (Å²) < 4.78 is 5.33. The molecule has 0 aliphatic heterocycles. The lowest BCUT2D eigenvalue weighted by Gasteiger charge is -2.06. The third-order valence-electron chi connectivity index (χ3n) is 2.84. The predicted molar refractivity (Wildman–Crippen MR) is 74.5 cm³/mol. The van der Waals surface area contributed by atoms with Crippen LogP contribution in [0, 0.1) is 0 Å². The molecule has 92 valence electrons. The number of hydrogen-bond acceptors (Lipinski definition) is 1. The van der Waals surface area contributed by atoms with Crippen LogP contribution in [0.2, 0.25) is 0 Å². The zero-order valence-corrected chi connectivity index (χ0v) is 10.9. The van der Waals surface area contributed by atoms with Gasteiger partial charge in [0.05, 0.1) is 7.11 Å². The monoisotopic (exact) mass is 230 g/mol. The van der Waals surface area contributed by atoms with Crippen molar-refractivity contribution < 1.29 is 4.74 Å². The minimum absolute atomic E-state index is 0.948. The second-order valence-corrected chi connectivity index (χ2v) is 4.25. The van der Waals surface area contributed by atoms with E-state index in [1.807, 2.05) is 18.2 Å². The third kappa shape index (κ3) is 4.90. The molecule has 0 bridgehead atoms. The highest BCUT2D eigenvalue weighted by atomic mass is 16.5. The Hall–Kier alpha value is -1.50. The van der Waals surface area contributed by atoms with Crippen LogP contribution in [0.25, 0.3) is 0 Å². The van der Waals surface area contributed by atoms with Crippen molar-refractivity contribution in [2.75, 3.05) is 7.11 Å². The molecule has 0 radical (unpaired) electrons.